The van der Waals surface area contributed by atoms with Crippen LogP contribution in [0.2, 0.25) is 0 Å². The summed E-state index contributed by atoms with van der Waals surface area (Å²) in [6, 6.07) is 13.5. The predicted octanol–water partition coefficient (Wildman–Crippen LogP) is 2.06. The molecule has 0 saturated heterocycles. The molecule has 18 heavy (non-hydrogen) atoms. The van der Waals surface area contributed by atoms with Crippen molar-refractivity contribution in [2.24, 2.45) is 0 Å². The molecule has 2 nitrogen and oxygen atoms in total. The highest BCUT2D eigenvalue weighted by molar-refractivity contribution is 6.67. The monoisotopic (exact) mass is 255 g/mol. The summed E-state index contributed by atoms with van der Waals surface area (Å²) in [5.74, 6) is 0. The summed E-state index contributed by atoms with van der Waals surface area (Å²) in [5, 5.41) is 5.03. The van der Waals surface area contributed by atoms with Crippen LogP contribution in [0.15, 0.2) is 42.5 Å². The Labute approximate surface area is 109 Å². The van der Waals surface area contributed by atoms with Gasteiger partial charge in [-0.3, -0.25) is 4.79 Å². The molecule has 0 unspecified atom stereocenters. The Morgan fingerprint density at radius 1 is 1.06 bits per heavy atom. The van der Waals surface area contributed by atoms with E-state index < -0.39 is 5.24 Å². The Bertz CT molecular complexity index is 749. The Balaban J connectivity index is 2.23. The lowest BCUT2D eigenvalue weighted by atomic mass is 10.1. The number of carbonyl (C=O) groups is 1. The molecule has 1 aliphatic rings. The molecule has 0 atom stereocenters. The van der Waals surface area contributed by atoms with Crippen LogP contribution in [0.25, 0.3) is 12.3 Å². The fourth-order valence-electron chi connectivity index (χ4n) is 2.03. The summed E-state index contributed by atoms with van der Waals surface area (Å²) in [5.41, 5.74) is 2.42. The molecule has 0 aliphatic carbocycles. The van der Waals surface area contributed by atoms with Gasteiger partial charge in [0.05, 0.1) is 0 Å². The van der Waals surface area contributed by atoms with Crippen molar-refractivity contribution in [2.75, 3.05) is 5.32 Å². The first-order valence-corrected chi connectivity index (χ1v) is 5.99. The van der Waals surface area contributed by atoms with Gasteiger partial charge in [-0.05, 0) is 45.8 Å². The third-order valence-corrected chi connectivity index (χ3v) is 3.19. The van der Waals surface area contributed by atoms with Crippen molar-refractivity contribution in [2.45, 2.75) is 0 Å². The molecular weight excluding hydrogens is 246 g/mol. The molecule has 0 aromatic heterocycles. The van der Waals surface area contributed by atoms with E-state index in [0.717, 1.165) is 21.7 Å². The largest absolute Gasteiger partial charge is 0.361 e. The van der Waals surface area contributed by atoms with Crippen LogP contribution in [0.1, 0.15) is 15.9 Å². The summed E-state index contributed by atoms with van der Waals surface area (Å²) in [6.45, 7) is 0. The molecule has 0 amide bonds. The lowest BCUT2D eigenvalue weighted by Gasteiger charge is -2.05. The summed E-state index contributed by atoms with van der Waals surface area (Å²) >= 11 is 5.49. The molecule has 0 fully saturated rings. The van der Waals surface area contributed by atoms with Crippen molar-refractivity contribution in [3.63, 3.8) is 0 Å². The van der Waals surface area contributed by atoms with Crippen LogP contribution in [0.3, 0.4) is 0 Å². The van der Waals surface area contributed by atoms with Crippen molar-refractivity contribution in [1.82, 2.24) is 0 Å². The third-order valence-electron chi connectivity index (χ3n) is 2.97. The molecule has 1 N–H and O–H groups in total. The van der Waals surface area contributed by atoms with Crippen LogP contribution < -0.4 is 15.8 Å². The number of rotatable bonds is 1. The third kappa shape index (κ3) is 1.91. The van der Waals surface area contributed by atoms with Crippen molar-refractivity contribution in [3.8, 4) is 0 Å². The number of fused-ring (bicyclic) bond motifs is 2. The zero-order chi connectivity index (χ0) is 12.5. The van der Waals surface area contributed by atoms with Gasteiger partial charge in [-0.1, -0.05) is 30.3 Å². The van der Waals surface area contributed by atoms with Crippen molar-refractivity contribution >= 4 is 34.8 Å². The number of hydrogen-bond acceptors (Lipinski definition) is 2. The van der Waals surface area contributed by atoms with Crippen molar-refractivity contribution < 1.29 is 4.79 Å². The highest BCUT2D eigenvalue weighted by Crippen LogP contribution is 2.20. The second-order valence-electron chi connectivity index (χ2n) is 4.14. The number of halogens is 1. The number of anilines is 1. The minimum Gasteiger partial charge on any atom is -0.361 e. The summed E-state index contributed by atoms with van der Waals surface area (Å²) in [7, 11) is 0. The minimum atomic E-state index is -0.443. The van der Waals surface area contributed by atoms with E-state index in [1.165, 1.54) is 0 Å². The lowest BCUT2D eigenvalue weighted by molar-refractivity contribution is 0.108. The molecule has 3 heteroatoms. The maximum Gasteiger partial charge on any atom is 0.252 e. The topological polar surface area (TPSA) is 29.1 Å². The zero-order valence-corrected chi connectivity index (χ0v) is 10.2. The van der Waals surface area contributed by atoms with Gasteiger partial charge in [-0.25, -0.2) is 0 Å². The van der Waals surface area contributed by atoms with Crippen LogP contribution in [0.4, 0.5) is 5.69 Å². The zero-order valence-electron chi connectivity index (χ0n) is 9.48. The summed E-state index contributed by atoms with van der Waals surface area (Å²) in [6.07, 6.45) is 4.02. The first-order chi connectivity index (χ1) is 8.74. The van der Waals surface area contributed by atoms with E-state index in [9.17, 15) is 4.79 Å². The van der Waals surface area contributed by atoms with Gasteiger partial charge in [-0.15, -0.1) is 0 Å². The first kappa shape index (κ1) is 11.1. The molecule has 0 saturated carbocycles. The van der Waals surface area contributed by atoms with E-state index in [0.29, 0.717) is 5.56 Å². The van der Waals surface area contributed by atoms with Gasteiger partial charge in [0.25, 0.3) is 5.24 Å². The number of hydrogen-bond donors (Lipinski definition) is 1. The van der Waals surface area contributed by atoms with E-state index in [2.05, 4.69) is 17.5 Å². The van der Waals surface area contributed by atoms with Crippen LogP contribution in [-0.4, -0.2) is 5.24 Å². The van der Waals surface area contributed by atoms with Gasteiger partial charge in [0.1, 0.15) is 0 Å². The number of nitrogens with one attached hydrogen (secondary N) is 1. The highest BCUT2D eigenvalue weighted by atomic mass is 35.5. The number of benzene rings is 2. The lowest BCUT2D eigenvalue weighted by Crippen LogP contribution is -2.23. The van der Waals surface area contributed by atoms with Gasteiger partial charge in [0, 0.05) is 17.5 Å². The quantitative estimate of drug-likeness (QED) is 0.791. The Morgan fingerprint density at radius 3 is 2.61 bits per heavy atom. The predicted molar refractivity (Wildman–Crippen MR) is 74.0 cm³/mol. The van der Waals surface area contributed by atoms with E-state index in [1.807, 2.05) is 30.5 Å². The van der Waals surface area contributed by atoms with Crippen LogP contribution in [-0.2, 0) is 0 Å². The van der Waals surface area contributed by atoms with E-state index >= 15 is 0 Å². The Morgan fingerprint density at radius 2 is 1.83 bits per heavy atom. The van der Waals surface area contributed by atoms with E-state index in [-0.39, 0.29) is 0 Å². The average molecular weight is 256 g/mol. The normalized spacial score (nSPS) is 12.1. The standard InChI is InChI=1S/C15H10ClNO/c16-15(18)12-6-5-11-7-10-3-1-2-4-13(10)9-17-14(11)8-12/h1-9,17H. The molecule has 88 valence electrons. The minimum absolute atomic E-state index is 0.443. The Hall–Kier alpha value is -2.06. The molecule has 0 radical (unpaired) electrons. The highest BCUT2D eigenvalue weighted by Gasteiger charge is 2.07. The molecule has 1 heterocycles. The van der Waals surface area contributed by atoms with E-state index in [4.69, 9.17) is 11.6 Å². The SMILES string of the molecule is O=C(Cl)c1ccc2c(c1)NC=c1ccccc1=C2. The molecule has 1 aliphatic heterocycles. The van der Waals surface area contributed by atoms with Crippen molar-refractivity contribution in [1.29, 1.82) is 0 Å². The van der Waals surface area contributed by atoms with E-state index in [1.54, 1.807) is 12.1 Å². The first-order valence-electron chi connectivity index (χ1n) is 5.61. The van der Waals surface area contributed by atoms with Crippen LogP contribution in [0, 0.1) is 0 Å². The van der Waals surface area contributed by atoms with Crippen LogP contribution in [0.5, 0.6) is 0 Å². The molecular formula is C15H10ClNO. The summed E-state index contributed by atoms with van der Waals surface area (Å²) in [4.78, 5) is 11.2. The van der Waals surface area contributed by atoms with Gasteiger partial charge in [-0.2, -0.15) is 0 Å². The second kappa shape index (κ2) is 4.31. The fraction of sp³-hybridized carbons (Fsp3) is 0. The average Bonchev–Trinajstić information content (AvgIpc) is 2.56. The van der Waals surface area contributed by atoms with Gasteiger partial charge < -0.3 is 5.32 Å². The summed E-state index contributed by atoms with van der Waals surface area (Å²) < 4.78 is 0. The molecule has 3 rings (SSSR count). The fourth-order valence-corrected chi connectivity index (χ4v) is 2.14. The van der Waals surface area contributed by atoms with Gasteiger partial charge in [0.15, 0.2) is 0 Å². The van der Waals surface area contributed by atoms with Crippen LogP contribution >= 0.6 is 11.6 Å². The van der Waals surface area contributed by atoms with Crippen molar-refractivity contribution in [3.05, 3.63) is 64.0 Å². The smallest absolute Gasteiger partial charge is 0.252 e. The maximum absolute atomic E-state index is 11.2. The second-order valence-corrected chi connectivity index (χ2v) is 4.48. The number of carbonyl (C=O) groups excluding carboxylic acids is 1. The van der Waals surface area contributed by atoms with Gasteiger partial charge >= 0.3 is 0 Å². The molecule has 2 aromatic carbocycles. The molecule has 0 bridgehead atoms. The maximum atomic E-state index is 11.2. The Kier molecular flexibility index (Phi) is 2.65. The molecule has 2 aromatic rings. The van der Waals surface area contributed by atoms with Gasteiger partial charge in [0.2, 0.25) is 0 Å². The molecule has 0 spiro atoms.